The van der Waals surface area contributed by atoms with Crippen LogP contribution in [0.1, 0.15) is 67.2 Å². The predicted molar refractivity (Wildman–Crippen MR) is 78.6 cm³/mol. The summed E-state index contributed by atoms with van der Waals surface area (Å²) in [6.07, 6.45) is 9.41. The lowest BCUT2D eigenvalue weighted by Gasteiger charge is -2.35. The first-order valence-electron chi connectivity index (χ1n) is 7.48. The molecule has 0 saturated heterocycles. The summed E-state index contributed by atoms with van der Waals surface area (Å²) >= 11 is 0. The third-order valence-electron chi connectivity index (χ3n) is 5.27. The van der Waals surface area contributed by atoms with Crippen molar-refractivity contribution in [3.8, 4) is 0 Å². The Hall–Kier alpha value is -0.760. The van der Waals surface area contributed by atoms with Crippen molar-refractivity contribution in [3.05, 3.63) is 23.5 Å². The molecule has 0 saturated carbocycles. The molecule has 2 nitrogen and oxygen atoms in total. The maximum Gasteiger partial charge on any atom is 0.121 e. The summed E-state index contributed by atoms with van der Waals surface area (Å²) in [4.78, 5) is 0. The Kier molecular flexibility index (Phi) is 5.03. The molecule has 1 aliphatic heterocycles. The lowest BCUT2D eigenvalue weighted by Crippen LogP contribution is -2.89. The summed E-state index contributed by atoms with van der Waals surface area (Å²) in [5.41, 5.74) is 9.05. The van der Waals surface area contributed by atoms with Crippen LogP contribution in [-0.2, 0) is 0 Å². The first-order valence-corrected chi connectivity index (χ1v) is 7.48. The largest absolute Gasteiger partial charge is 0.239 e. The van der Waals surface area contributed by atoms with E-state index in [2.05, 4.69) is 64.7 Å². The summed E-state index contributed by atoms with van der Waals surface area (Å²) < 4.78 is 0. The second-order valence-corrected chi connectivity index (χ2v) is 6.03. The molecule has 0 atom stereocenters. The molecule has 0 aromatic rings. The third-order valence-corrected chi connectivity index (χ3v) is 5.27. The quantitative estimate of drug-likeness (QED) is 0.695. The molecule has 0 fully saturated rings. The Bertz CT molecular complexity index is 331. The molecule has 0 unspecified atom stereocenters. The van der Waals surface area contributed by atoms with Crippen LogP contribution in [0.5, 0.6) is 0 Å². The number of nitrogens with one attached hydrogen (secondary N) is 1. The second kappa shape index (κ2) is 5.92. The highest BCUT2D eigenvalue weighted by molar-refractivity contribution is 5.31. The summed E-state index contributed by atoms with van der Waals surface area (Å²) in [6, 6.07) is 0. The van der Waals surface area contributed by atoms with Gasteiger partial charge in [0.05, 0.1) is 5.70 Å². The zero-order valence-corrected chi connectivity index (χ0v) is 13.1. The fourth-order valence-corrected chi connectivity index (χ4v) is 2.48. The maximum atomic E-state index is 3.47. The van der Waals surface area contributed by atoms with E-state index in [0.717, 1.165) is 0 Å². The van der Waals surface area contributed by atoms with Crippen LogP contribution in [0.15, 0.2) is 23.5 Å². The zero-order chi connectivity index (χ0) is 13.8. The molecule has 0 aliphatic carbocycles. The van der Waals surface area contributed by atoms with Crippen molar-refractivity contribution in [1.29, 1.82) is 0 Å². The molecule has 0 aromatic carbocycles. The number of allylic oxidation sites excluding steroid dienone is 3. The number of hydrogen-bond donors (Lipinski definition) is 2. The average molecular weight is 251 g/mol. The normalized spacial score (nSPS) is 17.0. The molecule has 3 N–H and O–H groups in total. The molecule has 0 radical (unpaired) electrons. The molecule has 1 rings (SSSR count). The highest BCUT2D eigenvalue weighted by Crippen LogP contribution is 2.39. The van der Waals surface area contributed by atoms with Crippen molar-refractivity contribution < 1.29 is 5.43 Å². The van der Waals surface area contributed by atoms with Gasteiger partial charge in [0.25, 0.3) is 0 Å². The van der Waals surface area contributed by atoms with Gasteiger partial charge >= 0.3 is 0 Å². The lowest BCUT2D eigenvalue weighted by atomic mass is 9.74. The van der Waals surface area contributed by atoms with Crippen molar-refractivity contribution in [2.75, 3.05) is 0 Å². The molecular weight excluding hydrogens is 220 g/mol. The van der Waals surface area contributed by atoms with Gasteiger partial charge in [-0.2, -0.15) is 0 Å². The lowest BCUT2D eigenvalue weighted by molar-refractivity contribution is -0.645. The van der Waals surface area contributed by atoms with E-state index in [-0.39, 0.29) is 5.41 Å². The van der Waals surface area contributed by atoms with Gasteiger partial charge in [0.15, 0.2) is 0 Å². The summed E-state index contributed by atoms with van der Waals surface area (Å²) in [7, 11) is 0. The van der Waals surface area contributed by atoms with Crippen molar-refractivity contribution in [2.45, 2.75) is 67.2 Å². The summed E-state index contributed by atoms with van der Waals surface area (Å²) in [5, 5.41) is 0. The van der Waals surface area contributed by atoms with Crippen LogP contribution in [0.2, 0.25) is 0 Å². The van der Waals surface area contributed by atoms with Crippen molar-refractivity contribution in [2.24, 2.45) is 10.8 Å². The fraction of sp³-hybridized carbons (Fsp3) is 0.750. The molecular formula is C16H31N2+. The number of hydrogen-bond acceptors (Lipinski definition) is 1. The van der Waals surface area contributed by atoms with Crippen molar-refractivity contribution >= 4 is 0 Å². The smallest absolute Gasteiger partial charge is 0.121 e. The molecule has 0 bridgehead atoms. The Morgan fingerprint density at radius 1 is 0.944 bits per heavy atom. The van der Waals surface area contributed by atoms with Crippen LogP contribution >= 0.6 is 0 Å². The molecule has 1 aliphatic rings. The van der Waals surface area contributed by atoms with Crippen molar-refractivity contribution in [3.63, 3.8) is 0 Å². The summed E-state index contributed by atoms with van der Waals surface area (Å²) in [5.74, 6) is 0. The minimum atomic E-state index is 0.276. The van der Waals surface area contributed by atoms with Crippen LogP contribution < -0.4 is 10.9 Å². The van der Waals surface area contributed by atoms with E-state index in [4.69, 9.17) is 0 Å². The Morgan fingerprint density at radius 3 is 1.89 bits per heavy atom. The Morgan fingerprint density at radius 2 is 1.44 bits per heavy atom. The van der Waals surface area contributed by atoms with Gasteiger partial charge in [-0.25, -0.2) is 10.9 Å². The van der Waals surface area contributed by atoms with Crippen LogP contribution in [0.25, 0.3) is 0 Å². The molecule has 18 heavy (non-hydrogen) atoms. The van der Waals surface area contributed by atoms with Gasteiger partial charge in [-0.15, -0.1) is 0 Å². The molecule has 0 aromatic heterocycles. The first-order chi connectivity index (χ1) is 8.45. The van der Waals surface area contributed by atoms with Gasteiger partial charge in [0.2, 0.25) is 0 Å². The van der Waals surface area contributed by atoms with Crippen LogP contribution in [0.3, 0.4) is 0 Å². The van der Waals surface area contributed by atoms with E-state index in [1.807, 2.05) is 0 Å². The maximum absolute atomic E-state index is 3.47. The van der Waals surface area contributed by atoms with Crippen LogP contribution in [0.4, 0.5) is 0 Å². The highest BCUT2D eigenvalue weighted by Gasteiger charge is 2.32. The van der Waals surface area contributed by atoms with Gasteiger partial charge < -0.3 is 0 Å². The monoisotopic (exact) mass is 251 g/mol. The average Bonchev–Trinajstić information content (AvgIpc) is 2.45. The zero-order valence-electron chi connectivity index (χ0n) is 13.1. The van der Waals surface area contributed by atoms with E-state index in [9.17, 15) is 0 Å². The van der Waals surface area contributed by atoms with Gasteiger partial charge in [0, 0.05) is 11.0 Å². The SMILES string of the molecule is CCC(C)(CC)C1=C[NH2+]NC(C(C)(CC)CC)=C1. The van der Waals surface area contributed by atoms with E-state index in [1.54, 1.807) is 0 Å². The number of rotatable bonds is 6. The van der Waals surface area contributed by atoms with E-state index in [1.165, 1.54) is 37.0 Å². The molecule has 0 spiro atoms. The van der Waals surface area contributed by atoms with Gasteiger partial charge in [-0.3, -0.25) is 0 Å². The fourth-order valence-electron chi connectivity index (χ4n) is 2.48. The van der Waals surface area contributed by atoms with Crippen LogP contribution in [-0.4, -0.2) is 0 Å². The molecule has 1 heterocycles. The summed E-state index contributed by atoms with van der Waals surface area (Å²) in [6.45, 7) is 13.9. The number of nitrogens with two attached hydrogens (primary N) is 1. The third kappa shape index (κ3) is 2.80. The van der Waals surface area contributed by atoms with Gasteiger partial charge in [-0.1, -0.05) is 41.5 Å². The minimum Gasteiger partial charge on any atom is -0.239 e. The van der Waals surface area contributed by atoms with Gasteiger partial charge in [-0.05, 0) is 37.2 Å². The first kappa shape index (κ1) is 15.3. The van der Waals surface area contributed by atoms with E-state index < -0.39 is 0 Å². The molecule has 0 amide bonds. The molecule has 2 heteroatoms. The number of quaternary nitrogens is 1. The van der Waals surface area contributed by atoms with E-state index >= 15 is 0 Å². The second-order valence-electron chi connectivity index (χ2n) is 6.03. The van der Waals surface area contributed by atoms with Crippen molar-refractivity contribution in [1.82, 2.24) is 5.43 Å². The standard InChI is InChI=1S/C16H30N2/c1-7-15(5,8-2)13-11-14(18-17-12-13)16(6,9-3)10-4/h11-12,17-18H,7-10H2,1-6H3/p+1. The molecule has 104 valence electrons. The highest BCUT2D eigenvalue weighted by atomic mass is 15.4. The minimum absolute atomic E-state index is 0.276. The van der Waals surface area contributed by atoms with Crippen LogP contribution in [0, 0.1) is 10.8 Å². The Balaban J connectivity index is 3.06. The van der Waals surface area contributed by atoms with Gasteiger partial charge in [0.1, 0.15) is 6.20 Å². The predicted octanol–water partition coefficient (Wildman–Crippen LogP) is 3.49. The topological polar surface area (TPSA) is 28.6 Å². The Labute approximate surface area is 113 Å². The van der Waals surface area contributed by atoms with E-state index in [0.29, 0.717) is 5.41 Å².